The Morgan fingerprint density at radius 3 is 2.72 bits per heavy atom. The second kappa shape index (κ2) is 8.83. The van der Waals surface area contributed by atoms with E-state index < -0.39 is 17.5 Å². The molecular weight excluding hydrogens is 372 g/mol. The lowest BCUT2D eigenvalue weighted by Crippen LogP contribution is -2.33. The van der Waals surface area contributed by atoms with Gasteiger partial charge < -0.3 is 10.4 Å². The largest absolute Gasteiger partial charge is 0.481 e. The molecule has 1 aromatic carbocycles. The average molecular weight is 396 g/mol. The van der Waals surface area contributed by atoms with E-state index in [9.17, 15) is 9.59 Å². The van der Waals surface area contributed by atoms with Crippen LogP contribution >= 0.6 is 0 Å². The molecule has 0 spiro atoms. The van der Waals surface area contributed by atoms with Gasteiger partial charge in [0.1, 0.15) is 5.54 Å². The normalized spacial score (nSPS) is 17.4. The highest BCUT2D eigenvalue weighted by Gasteiger charge is 2.36. The van der Waals surface area contributed by atoms with E-state index in [1.807, 2.05) is 43.5 Å². The number of urea groups is 1. The molecule has 2 heterocycles. The van der Waals surface area contributed by atoms with Gasteiger partial charge in [-0.05, 0) is 55.5 Å². The number of hydrogen-bond acceptors (Lipinski definition) is 5. The van der Waals surface area contributed by atoms with Crippen molar-refractivity contribution in [3.63, 3.8) is 0 Å². The molecule has 1 aliphatic heterocycles. The third kappa shape index (κ3) is 4.43. The van der Waals surface area contributed by atoms with Gasteiger partial charge >= 0.3 is 12.0 Å². The minimum atomic E-state index is -0.795. The van der Waals surface area contributed by atoms with E-state index in [4.69, 9.17) is 15.3 Å². The number of hydrogen-bond donors (Lipinski definition) is 4. The third-order valence-corrected chi connectivity index (χ3v) is 5.27. The highest BCUT2D eigenvalue weighted by atomic mass is 16.5. The second-order valence-corrected chi connectivity index (χ2v) is 7.09. The molecule has 2 amide bonds. The summed E-state index contributed by atoms with van der Waals surface area (Å²) in [6, 6.07) is 9.00. The highest BCUT2D eigenvalue weighted by Crippen LogP contribution is 2.39. The van der Waals surface area contributed by atoms with Crippen LogP contribution in [0.5, 0.6) is 0 Å². The number of unbranched alkanes of at least 4 members (excludes halogenated alkanes) is 1. The summed E-state index contributed by atoms with van der Waals surface area (Å²) in [7, 11) is 0. The van der Waals surface area contributed by atoms with E-state index in [1.54, 1.807) is 11.7 Å². The number of hydroxylamine groups is 1. The highest BCUT2D eigenvalue weighted by molar-refractivity contribution is 5.72. The maximum Gasteiger partial charge on any atom is 0.338 e. The van der Waals surface area contributed by atoms with Crippen LogP contribution < -0.4 is 21.4 Å². The Kier molecular flexibility index (Phi) is 6.23. The summed E-state index contributed by atoms with van der Waals surface area (Å²) in [5, 5.41) is 22.0. The lowest BCUT2D eigenvalue weighted by atomic mass is 9.80. The number of carboxylic acids is 1. The molecule has 0 saturated heterocycles. The van der Waals surface area contributed by atoms with E-state index in [-0.39, 0.29) is 13.0 Å². The van der Waals surface area contributed by atoms with Crippen molar-refractivity contribution in [2.45, 2.75) is 44.7 Å². The molecule has 1 atom stereocenters. The molecule has 152 valence electrons. The molecule has 1 unspecified atom stereocenters. The molecule has 0 bridgehead atoms. The van der Waals surface area contributed by atoms with E-state index in [0.717, 1.165) is 33.7 Å². The zero-order chi connectivity index (χ0) is 20.9. The van der Waals surface area contributed by atoms with E-state index in [0.29, 0.717) is 12.8 Å². The lowest BCUT2D eigenvalue weighted by molar-refractivity contribution is -0.137. The van der Waals surface area contributed by atoms with Crippen molar-refractivity contribution >= 4 is 17.6 Å². The van der Waals surface area contributed by atoms with Gasteiger partial charge in [-0.1, -0.05) is 12.1 Å². The van der Waals surface area contributed by atoms with Gasteiger partial charge in [-0.25, -0.2) is 10.3 Å². The topological polar surface area (TPSA) is 124 Å². The zero-order valence-corrected chi connectivity index (χ0v) is 16.2. The Bertz CT molecular complexity index is 1020. The molecule has 4 N–H and O–H groups in total. The Balaban J connectivity index is 1.96. The first-order chi connectivity index (χ1) is 14.0. The number of benzene rings is 1. The quantitative estimate of drug-likeness (QED) is 0.307. The van der Waals surface area contributed by atoms with Gasteiger partial charge in [-0.15, -0.1) is 0 Å². The number of fused-ring (bicyclic) bond motifs is 1. The van der Waals surface area contributed by atoms with Crippen LogP contribution in [-0.4, -0.2) is 27.3 Å². The first-order valence-corrected chi connectivity index (χ1v) is 9.47. The van der Waals surface area contributed by atoms with Crippen LogP contribution in [0.2, 0.25) is 0 Å². The minimum Gasteiger partial charge on any atom is -0.481 e. The fraction of sp³-hybridized carbons (Fsp3) is 0.333. The van der Waals surface area contributed by atoms with Crippen molar-refractivity contribution in [3.05, 3.63) is 64.4 Å². The Morgan fingerprint density at radius 1 is 1.21 bits per heavy atom. The standard InChI is InChI=1S/C21H24N4O4/c1-14-17-11-15(12-23-20(28)25-29)7-8-18(17)24-21(14,9-3-2-6-19(26)27)16-5-4-10-22-13-16/h4-5,7-8,10-11,13,29H,2-3,6,9,12H2,1H3,(H,26,27)(H2,23,25,28). The predicted octanol–water partition coefficient (Wildman–Crippen LogP) is 1.61. The molecule has 8 nitrogen and oxygen atoms in total. The molecule has 2 aromatic rings. The Morgan fingerprint density at radius 2 is 2.03 bits per heavy atom. The fourth-order valence-corrected chi connectivity index (χ4v) is 3.76. The predicted molar refractivity (Wildman–Crippen MR) is 105 cm³/mol. The minimum absolute atomic E-state index is 0.137. The van der Waals surface area contributed by atoms with E-state index in [2.05, 4.69) is 10.3 Å². The number of carbonyl (C=O) groups is 2. The lowest BCUT2D eigenvalue weighted by Gasteiger charge is -2.29. The van der Waals surface area contributed by atoms with E-state index >= 15 is 0 Å². The first kappa shape index (κ1) is 20.5. The molecule has 0 radical (unpaired) electrons. The number of nitrogens with one attached hydrogen (secondary N) is 2. The summed E-state index contributed by atoms with van der Waals surface area (Å²) in [4.78, 5) is 31.4. The summed E-state index contributed by atoms with van der Waals surface area (Å²) in [6.45, 7) is 2.31. The number of carboxylic acid groups (broad SMARTS) is 1. The molecule has 29 heavy (non-hydrogen) atoms. The molecule has 1 aliphatic rings. The molecule has 0 aliphatic carbocycles. The van der Waals surface area contributed by atoms with Gasteiger partial charge in [0, 0.05) is 36.1 Å². The number of carbonyl (C=O) groups excluding carboxylic acids is 1. The van der Waals surface area contributed by atoms with Crippen molar-refractivity contribution in [1.82, 2.24) is 15.8 Å². The summed E-state index contributed by atoms with van der Waals surface area (Å²) in [6.07, 6.45) is 5.66. The number of aliphatic carboxylic acids is 1. The maximum absolute atomic E-state index is 11.2. The van der Waals surface area contributed by atoms with Crippen molar-refractivity contribution in [3.8, 4) is 0 Å². The summed E-state index contributed by atoms with van der Waals surface area (Å²) < 4.78 is 0. The molecule has 1 aromatic heterocycles. The summed E-state index contributed by atoms with van der Waals surface area (Å²) in [5.41, 5.74) is 3.90. The van der Waals surface area contributed by atoms with Crippen LogP contribution in [0.1, 0.15) is 43.7 Å². The number of rotatable bonds is 8. The molecule has 0 saturated carbocycles. The van der Waals surface area contributed by atoms with Crippen LogP contribution in [0, 0.1) is 0 Å². The Labute approximate surface area is 168 Å². The maximum atomic E-state index is 11.2. The average Bonchev–Trinajstić information content (AvgIpc) is 3.02. The van der Waals surface area contributed by atoms with Gasteiger partial charge in [0.2, 0.25) is 0 Å². The molecule has 0 fully saturated rings. The van der Waals surface area contributed by atoms with Crippen LogP contribution in [0.25, 0.3) is 5.57 Å². The fourth-order valence-electron chi connectivity index (χ4n) is 3.76. The van der Waals surface area contributed by atoms with Gasteiger partial charge in [0.25, 0.3) is 0 Å². The van der Waals surface area contributed by atoms with Crippen molar-refractivity contribution in [2.75, 3.05) is 0 Å². The molecule has 8 heteroatoms. The van der Waals surface area contributed by atoms with Crippen LogP contribution in [-0.2, 0) is 16.9 Å². The number of amides is 2. The van der Waals surface area contributed by atoms with Crippen LogP contribution in [0.3, 0.4) is 0 Å². The molecular formula is C21H24N4O4. The summed E-state index contributed by atoms with van der Waals surface area (Å²) in [5.74, 6) is -0.795. The summed E-state index contributed by atoms with van der Waals surface area (Å²) >= 11 is 0. The van der Waals surface area contributed by atoms with Crippen LogP contribution in [0.4, 0.5) is 4.79 Å². The van der Waals surface area contributed by atoms with Crippen LogP contribution in [0.15, 0.2) is 47.7 Å². The van der Waals surface area contributed by atoms with Gasteiger partial charge in [-0.2, -0.15) is 0 Å². The second-order valence-electron chi connectivity index (χ2n) is 7.09. The van der Waals surface area contributed by atoms with Crippen molar-refractivity contribution in [1.29, 1.82) is 0 Å². The van der Waals surface area contributed by atoms with Gasteiger partial charge in [0.05, 0.1) is 5.36 Å². The van der Waals surface area contributed by atoms with Gasteiger partial charge in [-0.3, -0.25) is 20.0 Å². The SMILES string of the molecule is CC1=c2cc(CNC(=O)NO)ccc2=NC1(CCCCC(=O)O)c1cccnc1. The number of aromatic nitrogens is 1. The Hall–Kier alpha value is -3.26. The number of nitrogens with zero attached hydrogens (tertiary/aromatic N) is 2. The smallest absolute Gasteiger partial charge is 0.338 e. The van der Waals surface area contributed by atoms with E-state index in [1.165, 1.54) is 0 Å². The van der Waals surface area contributed by atoms with Gasteiger partial charge in [0.15, 0.2) is 0 Å². The zero-order valence-electron chi connectivity index (χ0n) is 16.2. The first-order valence-electron chi connectivity index (χ1n) is 9.47. The molecule has 3 rings (SSSR count). The number of pyridine rings is 1. The van der Waals surface area contributed by atoms with Crippen molar-refractivity contribution in [2.24, 2.45) is 4.99 Å². The third-order valence-electron chi connectivity index (χ3n) is 5.27. The van der Waals surface area contributed by atoms with Crippen molar-refractivity contribution < 1.29 is 19.9 Å². The monoisotopic (exact) mass is 396 g/mol.